The van der Waals surface area contributed by atoms with Crippen molar-refractivity contribution >= 4 is 0 Å². The lowest BCUT2D eigenvalue weighted by Gasteiger charge is -2.10. The summed E-state index contributed by atoms with van der Waals surface area (Å²) in [5, 5.41) is 3.38. The largest absolute Gasteiger partial charge is 0.309 e. The molecule has 0 radical (unpaired) electrons. The van der Waals surface area contributed by atoms with Crippen molar-refractivity contribution in [3.63, 3.8) is 0 Å². The van der Waals surface area contributed by atoms with E-state index in [0.717, 1.165) is 13.0 Å². The second-order valence-corrected chi connectivity index (χ2v) is 3.68. The highest BCUT2D eigenvalue weighted by atomic mass is 14.9. The summed E-state index contributed by atoms with van der Waals surface area (Å²) in [7, 11) is 0. The summed E-state index contributed by atoms with van der Waals surface area (Å²) < 4.78 is 0. The van der Waals surface area contributed by atoms with Crippen LogP contribution in [0.5, 0.6) is 0 Å². The maximum atomic E-state index is 5.23. The van der Waals surface area contributed by atoms with Crippen LogP contribution < -0.4 is 5.32 Å². The molecule has 0 aliphatic rings. The van der Waals surface area contributed by atoms with Gasteiger partial charge in [0.1, 0.15) is 0 Å². The van der Waals surface area contributed by atoms with Crippen LogP contribution in [-0.4, -0.2) is 6.04 Å². The zero-order valence-corrected chi connectivity index (χ0v) is 8.88. The molecule has 1 N–H and O–H groups in total. The van der Waals surface area contributed by atoms with E-state index in [2.05, 4.69) is 49.4 Å². The molecule has 1 heteroatoms. The Morgan fingerprint density at radius 1 is 1.36 bits per heavy atom. The fraction of sp³-hybridized carbons (Fsp3) is 0.385. The van der Waals surface area contributed by atoms with E-state index in [1.807, 2.05) is 0 Å². The Morgan fingerprint density at radius 3 is 2.57 bits per heavy atom. The van der Waals surface area contributed by atoms with Gasteiger partial charge in [0, 0.05) is 19.0 Å². The number of aryl methyl sites for hydroxylation is 1. The first kappa shape index (κ1) is 10.8. The van der Waals surface area contributed by atoms with Gasteiger partial charge in [0.15, 0.2) is 0 Å². The summed E-state index contributed by atoms with van der Waals surface area (Å²) in [4.78, 5) is 0. The van der Waals surface area contributed by atoms with E-state index in [1.165, 1.54) is 11.1 Å². The second-order valence-electron chi connectivity index (χ2n) is 3.68. The van der Waals surface area contributed by atoms with Gasteiger partial charge in [-0.2, -0.15) is 0 Å². The van der Waals surface area contributed by atoms with E-state index in [0.29, 0.717) is 6.04 Å². The predicted molar refractivity (Wildman–Crippen MR) is 60.9 cm³/mol. The first-order valence-electron chi connectivity index (χ1n) is 4.94. The van der Waals surface area contributed by atoms with E-state index in [4.69, 9.17) is 6.42 Å². The SMILES string of the molecule is C#CCC(C)NCc1ccc(C)cc1. The quantitative estimate of drug-likeness (QED) is 0.714. The molecule has 0 fully saturated rings. The van der Waals surface area contributed by atoms with Crippen molar-refractivity contribution < 1.29 is 0 Å². The van der Waals surface area contributed by atoms with Gasteiger partial charge >= 0.3 is 0 Å². The number of hydrogen-bond donors (Lipinski definition) is 1. The molecule has 0 aliphatic carbocycles. The average Bonchev–Trinajstić information content (AvgIpc) is 2.17. The molecule has 14 heavy (non-hydrogen) atoms. The summed E-state index contributed by atoms with van der Waals surface area (Å²) >= 11 is 0. The minimum absolute atomic E-state index is 0.390. The summed E-state index contributed by atoms with van der Waals surface area (Å²) in [6.07, 6.45) is 6.01. The van der Waals surface area contributed by atoms with Gasteiger partial charge in [-0.1, -0.05) is 29.8 Å². The third kappa shape index (κ3) is 3.64. The van der Waals surface area contributed by atoms with Crippen molar-refractivity contribution in [1.29, 1.82) is 0 Å². The maximum absolute atomic E-state index is 5.23. The minimum atomic E-state index is 0.390. The normalized spacial score (nSPS) is 12.1. The van der Waals surface area contributed by atoms with Crippen molar-refractivity contribution in [3.8, 4) is 12.3 Å². The van der Waals surface area contributed by atoms with Gasteiger partial charge in [-0.25, -0.2) is 0 Å². The van der Waals surface area contributed by atoms with Gasteiger partial charge in [-0.15, -0.1) is 12.3 Å². The molecule has 1 nitrogen and oxygen atoms in total. The molecule has 1 unspecified atom stereocenters. The first-order chi connectivity index (χ1) is 6.72. The minimum Gasteiger partial charge on any atom is -0.309 e. The van der Waals surface area contributed by atoms with Crippen molar-refractivity contribution in [1.82, 2.24) is 5.32 Å². The van der Waals surface area contributed by atoms with Crippen LogP contribution in [0.1, 0.15) is 24.5 Å². The number of nitrogens with one attached hydrogen (secondary N) is 1. The average molecular weight is 187 g/mol. The summed E-state index contributed by atoms with van der Waals surface area (Å²) in [6, 6.07) is 8.93. The third-order valence-corrected chi connectivity index (χ3v) is 2.20. The molecule has 0 heterocycles. The van der Waals surface area contributed by atoms with Crippen LogP contribution in [0, 0.1) is 19.3 Å². The standard InChI is InChI=1S/C13H17N/c1-4-5-12(3)14-10-13-8-6-11(2)7-9-13/h1,6-9,12,14H,5,10H2,2-3H3. The Labute approximate surface area is 86.5 Å². The molecule has 0 saturated heterocycles. The highest BCUT2D eigenvalue weighted by molar-refractivity contribution is 5.21. The molecule has 0 amide bonds. The molecule has 0 spiro atoms. The lowest BCUT2D eigenvalue weighted by molar-refractivity contribution is 0.559. The highest BCUT2D eigenvalue weighted by Crippen LogP contribution is 2.03. The number of hydrogen-bond acceptors (Lipinski definition) is 1. The first-order valence-corrected chi connectivity index (χ1v) is 4.94. The van der Waals surface area contributed by atoms with Gasteiger partial charge in [0.05, 0.1) is 0 Å². The fourth-order valence-electron chi connectivity index (χ4n) is 1.25. The van der Waals surface area contributed by atoms with Crippen LogP contribution in [0.4, 0.5) is 0 Å². The third-order valence-electron chi connectivity index (χ3n) is 2.20. The van der Waals surface area contributed by atoms with E-state index < -0.39 is 0 Å². The van der Waals surface area contributed by atoms with Gasteiger partial charge in [-0.05, 0) is 19.4 Å². The molecule has 1 aromatic carbocycles. The van der Waals surface area contributed by atoms with E-state index >= 15 is 0 Å². The van der Waals surface area contributed by atoms with E-state index in [1.54, 1.807) is 0 Å². The van der Waals surface area contributed by atoms with Crippen LogP contribution in [0.3, 0.4) is 0 Å². The van der Waals surface area contributed by atoms with Crippen LogP contribution in [-0.2, 0) is 6.54 Å². The topological polar surface area (TPSA) is 12.0 Å². The van der Waals surface area contributed by atoms with Crippen molar-refractivity contribution in [3.05, 3.63) is 35.4 Å². The Morgan fingerprint density at radius 2 is 2.00 bits per heavy atom. The summed E-state index contributed by atoms with van der Waals surface area (Å²) in [6.45, 7) is 5.09. The highest BCUT2D eigenvalue weighted by Gasteiger charge is 1.98. The fourth-order valence-corrected chi connectivity index (χ4v) is 1.25. The molecule has 1 rings (SSSR count). The number of benzene rings is 1. The van der Waals surface area contributed by atoms with Gasteiger partial charge in [0.25, 0.3) is 0 Å². The smallest absolute Gasteiger partial charge is 0.0238 e. The molecule has 0 aliphatic heterocycles. The zero-order chi connectivity index (χ0) is 10.4. The van der Waals surface area contributed by atoms with Crippen LogP contribution in [0.15, 0.2) is 24.3 Å². The van der Waals surface area contributed by atoms with Gasteiger partial charge in [-0.3, -0.25) is 0 Å². The number of terminal acetylenes is 1. The molecule has 0 aromatic heterocycles. The Balaban J connectivity index is 2.39. The van der Waals surface area contributed by atoms with Gasteiger partial charge < -0.3 is 5.32 Å². The molecule has 74 valence electrons. The molecular formula is C13H17N. The van der Waals surface area contributed by atoms with E-state index in [-0.39, 0.29) is 0 Å². The second kappa shape index (κ2) is 5.47. The van der Waals surface area contributed by atoms with Crippen molar-refractivity contribution in [2.75, 3.05) is 0 Å². The van der Waals surface area contributed by atoms with Crippen LogP contribution >= 0.6 is 0 Å². The Kier molecular flexibility index (Phi) is 4.22. The monoisotopic (exact) mass is 187 g/mol. The molecule has 1 atom stereocenters. The van der Waals surface area contributed by atoms with E-state index in [9.17, 15) is 0 Å². The van der Waals surface area contributed by atoms with Crippen LogP contribution in [0.2, 0.25) is 0 Å². The zero-order valence-electron chi connectivity index (χ0n) is 8.88. The molecule has 0 saturated carbocycles. The summed E-state index contributed by atoms with van der Waals surface area (Å²) in [5.74, 6) is 2.65. The maximum Gasteiger partial charge on any atom is 0.0238 e. The molecular weight excluding hydrogens is 170 g/mol. The Hall–Kier alpha value is -1.26. The Bertz CT molecular complexity index is 305. The summed E-state index contributed by atoms with van der Waals surface area (Å²) in [5.41, 5.74) is 2.60. The molecule has 1 aromatic rings. The molecule has 0 bridgehead atoms. The predicted octanol–water partition coefficient (Wildman–Crippen LogP) is 2.50. The van der Waals surface area contributed by atoms with Crippen molar-refractivity contribution in [2.24, 2.45) is 0 Å². The lowest BCUT2D eigenvalue weighted by atomic mass is 10.1. The lowest BCUT2D eigenvalue weighted by Crippen LogP contribution is -2.24. The van der Waals surface area contributed by atoms with Crippen molar-refractivity contribution in [2.45, 2.75) is 32.9 Å². The van der Waals surface area contributed by atoms with Crippen LogP contribution in [0.25, 0.3) is 0 Å². The number of rotatable bonds is 4. The van der Waals surface area contributed by atoms with Gasteiger partial charge in [0.2, 0.25) is 0 Å².